The van der Waals surface area contributed by atoms with Gasteiger partial charge in [0.1, 0.15) is 16.4 Å². The summed E-state index contributed by atoms with van der Waals surface area (Å²) in [4.78, 5) is 26.5. The average Bonchev–Trinajstić information content (AvgIpc) is 3.01. The summed E-state index contributed by atoms with van der Waals surface area (Å²) in [5.74, 6) is 0.514. The van der Waals surface area contributed by atoms with E-state index >= 15 is 0 Å². The van der Waals surface area contributed by atoms with Gasteiger partial charge in [0, 0.05) is 10.4 Å². The summed E-state index contributed by atoms with van der Waals surface area (Å²) in [6, 6.07) is 6.99. The van der Waals surface area contributed by atoms with Crippen molar-refractivity contribution in [2.24, 2.45) is 0 Å². The lowest BCUT2D eigenvalue weighted by atomic mass is 10.1. The van der Waals surface area contributed by atoms with Gasteiger partial charge in [-0.15, -0.1) is 11.3 Å². The van der Waals surface area contributed by atoms with Crippen LogP contribution in [0.4, 0.5) is 0 Å². The zero-order chi connectivity index (χ0) is 20.8. The molecular weight excluding hydrogens is 390 g/mol. The monoisotopic (exact) mass is 417 g/mol. The molecule has 156 valence electrons. The highest BCUT2D eigenvalue weighted by Gasteiger charge is 2.20. The van der Waals surface area contributed by atoms with Crippen LogP contribution in [-0.4, -0.2) is 32.7 Å². The first kappa shape index (κ1) is 21.2. The Labute approximate surface area is 175 Å². The summed E-state index contributed by atoms with van der Waals surface area (Å²) >= 11 is 1.49. The molecular formula is C22H27NO5S. The summed E-state index contributed by atoms with van der Waals surface area (Å²) < 4.78 is 15.8. The summed E-state index contributed by atoms with van der Waals surface area (Å²) in [5.41, 5.74) is 2.04. The topological polar surface area (TPSA) is 73.9 Å². The third kappa shape index (κ3) is 5.29. The van der Waals surface area contributed by atoms with E-state index in [9.17, 15) is 9.59 Å². The van der Waals surface area contributed by atoms with E-state index in [2.05, 4.69) is 5.32 Å². The first-order valence-corrected chi connectivity index (χ1v) is 10.6. The van der Waals surface area contributed by atoms with Crippen molar-refractivity contribution in [1.29, 1.82) is 0 Å². The number of methoxy groups -OCH3 is 2. The van der Waals surface area contributed by atoms with Gasteiger partial charge in [-0.1, -0.05) is 6.42 Å². The van der Waals surface area contributed by atoms with Crippen LogP contribution in [0, 0.1) is 0 Å². The van der Waals surface area contributed by atoms with Crippen LogP contribution in [0.2, 0.25) is 0 Å². The molecule has 6 nitrogen and oxygen atoms in total. The molecule has 0 saturated heterocycles. The Hall–Kier alpha value is -2.54. The lowest BCUT2D eigenvalue weighted by molar-refractivity contribution is -0.124. The molecule has 1 aliphatic carbocycles. The third-order valence-electron chi connectivity index (χ3n) is 5.06. The molecule has 1 amide bonds. The molecule has 0 aliphatic heterocycles. The van der Waals surface area contributed by atoms with E-state index in [1.807, 2.05) is 19.1 Å². The zero-order valence-electron chi connectivity index (χ0n) is 17.1. The Balaban J connectivity index is 1.56. The number of hydrogen-bond acceptors (Lipinski definition) is 6. The maximum atomic E-state index is 12.4. The number of carbonyl (C=O) groups excluding carboxylic acids is 2. The summed E-state index contributed by atoms with van der Waals surface area (Å²) in [7, 11) is 3.16. The fourth-order valence-electron chi connectivity index (χ4n) is 3.51. The molecule has 0 fully saturated rings. The minimum Gasteiger partial charge on any atom is -0.497 e. The van der Waals surface area contributed by atoms with Gasteiger partial charge in [0.15, 0.2) is 6.61 Å². The Kier molecular flexibility index (Phi) is 7.14. The number of fused-ring (bicyclic) bond motifs is 1. The molecule has 1 atom stereocenters. The largest absolute Gasteiger partial charge is 0.497 e. The molecule has 1 N–H and O–H groups in total. The Bertz CT molecular complexity index is 853. The number of aryl methyl sites for hydroxylation is 2. The molecule has 0 bridgehead atoms. The maximum absolute atomic E-state index is 12.4. The second kappa shape index (κ2) is 9.78. The van der Waals surface area contributed by atoms with Crippen molar-refractivity contribution in [2.75, 3.05) is 20.8 Å². The van der Waals surface area contributed by atoms with Gasteiger partial charge in [0.05, 0.1) is 20.3 Å². The molecule has 0 radical (unpaired) electrons. The van der Waals surface area contributed by atoms with Gasteiger partial charge >= 0.3 is 5.97 Å². The highest BCUT2D eigenvalue weighted by atomic mass is 32.1. The Morgan fingerprint density at radius 1 is 1.10 bits per heavy atom. The quantitative estimate of drug-likeness (QED) is 0.543. The summed E-state index contributed by atoms with van der Waals surface area (Å²) in [6.45, 7) is 1.52. The highest BCUT2D eigenvalue weighted by molar-refractivity contribution is 7.14. The van der Waals surface area contributed by atoms with E-state index in [1.54, 1.807) is 26.4 Å². The second-order valence-corrected chi connectivity index (χ2v) is 8.23. The van der Waals surface area contributed by atoms with Crippen LogP contribution >= 0.6 is 11.3 Å². The number of ether oxygens (including phenoxy) is 3. The van der Waals surface area contributed by atoms with Crippen LogP contribution in [0.3, 0.4) is 0 Å². The number of esters is 1. The van der Waals surface area contributed by atoms with Crippen molar-refractivity contribution in [2.45, 2.75) is 45.1 Å². The smallest absolute Gasteiger partial charge is 0.348 e. The van der Waals surface area contributed by atoms with E-state index < -0.39 is 5.97 Å². The van der Waals surface area contributed by atoms with Gasteiger partial charge in [-0.3, -0.25) is 4.79 Å². The molecule has 0 saturated carbocycles. The number of thiophene rings is 1. The van der Waals surface area contributed by atoms with Crippen molar-refractivity contribution in [3.8, 4) is 11.5 Å². The van der Waals surface area contributed by atoms with E-state index in [-0.39, 0.29) is 18.6 Å². The number of nitrogens with one attached hydrogen (secondary N) is 1. The molecule has 1 aromatic heterocycles. The molecule has 3 rings (SSSR count). The first-order chi connectivity index (χ1) is 14.0. The number of benzene rings is 1. The van der Waals surface area contributed by atoms with E-state index in [0.29, 0.717) is 16.4 Å². The molecule has 1 heterocycles. The van der Waals surface area contributed by atoms with E-state index in [4.69, 9.17) is 14.2 Å². The van der Waals surface area contributed by atoms with Gasteiger partial charge in [-0.25, -0.2) is 4.79 Å². The minimum atomic E-state index is -0.440. The standard InChI is InChI=1S/C22H27NO5S/c1-14(17-12-16(26-2)9-10-18(17)27-3)23-21(24)13-28-22(25)20-11-15-7-5-4-6-8-19(15)29-20/h9-12,14H,4-8,13H2,1-3H3,(H,23,24)/t14-/m0/s1. The third-order valence-corrected chi connectivity index (χ3v) is 6.28. The zero-order valence-corrected chi connectivity index (χ0v) is 17.9. The first-order valence-electron chi connectivity index (χ1n) is 9.81. The van der Waals surface area contributed by atoms with Crippen LogP contribution in [0.25, 0.3) is 0 Å². The van der Waals surface area contributed by atoms with Crippen molar-refractivity contribution in [3.63, 3.8) is 0 Å². The van der Waals surface area contributed by atoms with E-state index in [1.165, 1.54) is 28.2 Å². The minimum absolute atomic E-state index is 0.321. The molecule has 0 unspecified atom stereocenters. The number of amides is 1. The molecule has 7 heteroatoms. The number of rotatable bonds is 7. The molecule has 2 aromatic rings. The van der Waals surface area contributed by atoms with Crippen LogP contribution in [0.1, 0.15) is 57.9 Å². The number of hydrogen-bond donors (Lipinski definition) is 1. The predicted octanol–water partition coefficient (Wildman–Crippen LogP) is 4.07. The van der Waals surface area contributed by atoms with Crippen molar-refractivity contribution in [1.82, 2.24) is 5.32 Å². The van der Waals surface area contributed by atoms with Crippen LogP contribution in [0.5, 0.6) is 11.5 Å². The van der Waals surface area contributed by atoms with Crippen LogP contribution in [-0.2, 0) is 22.4 Å². The fourth-order valence-corrected chi connectivity index (χ4v) is 4.66. The molecule has 1 aliphatic rings. The molecule has 29 heavy (non-hydrogen) atoms. The summed E-state index contributed by atoms with van der Waals surface area (Å²) in [6.07, 6.45) is 5.59. The molecule has 0 spiro atoms. The normalized spacial score (nSPS) is 14.3. The average molecular weight is 418 g/mol. The van der Waals surface area contributed by atoms with Gasteiger partial charge in [0.25, 0.3) is 5.91 Å². The second-order valence-electron chi connectivity index (χ2n) is 7.09. The molecule has 1 aromatic carbocycles. The Morgan fingerprint density at radius 3 is 2.66 bits per heavy atom. The fraction of sp³-hybridized carbons (Fsp3) is 0.455. The van der Waals surface area contributed by atoms with Crippen LogP contribution < -0.4 is 14.8 Å². The predicted molar refractivity (Wildman–Crippen MR) is 112 cm³/mol. The number of carbonyl (C=O) groups is 2. The van der Waals surface area contributed by atoms with Gasteiger partial charge < -0.3 is 19.5 Å². The maximum Gasteiger partial charge on any atom is 0.348 e. The lowest BCUT2D eigenvalue weighted by Gasteiger charge is -2.18. The lowest BCUT2D eigenvalue weighted by Crippen LogP contribution is -2.31. The van der Waals surface area contributed by atoms with Crippen molar-refractivity contribution >= 4 is 23.2 Å². The highest BCUT2D eigenvalue weighted by Crippen LogP contribution is 2.30. The SMILES string of the molecule is COc1ccc(OC)c([C@H](C)NC(=O)COC(=O)c2cc3c(s2)CCCCC3)c1. The Morgan fingerprint density at radius 2 is 1.90 bits per heavy atom. The van der Waals surface area contributed by atoms with Gasteiger partial charge in [-0.05, 0) is 62.4 Å². The van der Waals surface area contributed by atoms with Crippen molar-refractivity contribution in [3.05, 3.63) is 45.1 Å². The summed E-state index contributed by atoms with van der Waals surface area (Å²) in [5, 5.41) is 2.84. The van der Waals surface area contributed by atoms with E-state index in [0.717, 1.165) is 31.2 Å². The van der Waals surface area contributed by atoms with Crippen LogP contribution in [0.15, 0.2) is 24.3 Å². The van der Waals surface area contributed by atoms with Gasteiger partial charge in [-0.2, -0.15) is 0 Å². The van der Waals surface area contributed by atoms with Gasteiger partial charge in [0.2, 0.25) is 0 Å². The van der Waals surface area contributed by atoms with Crippen molar-refractivity contribution < 1.29 is 23.8 Å².